The number of primary amides is 1. The minimum Gasteiger partial charge on any atom is -0.508 e. The van der Waals surface area contributed by atoms with Gasteiger partial charge in [0.2, 0.25) is 5.91 Å². The third-order valence-electron chi connectivity index (χ3n) is 1.94. The van der Waals surface area contributed by atoms with Crippen molar-refractivity contribution in [3.05, 3.63) is 23.8 Å². The van der Waals surface area contributed by atoms with E-state index in [2.05, 4.69) is 0 Å². The molecule has 0 aliphatic rings. The molecule has 0 saturated carbocycles. The van der Waals surface area contributed by atoms with Gasteiger partial charge in [-0.2, -0.15) is 0 Å². The zero-order valence-electron chi connectivity index (χ0n) is 9.06. The number of phenolic OH excluding ortho intramolecular Hbond substituents is 1. The van der Waals surface area contributed by atoms with Crippen LogP contribution in [0.2, 0.25) is 0 Å². The molecule has 0 aliphatic carbocycles. The van der Waals surface area contributed by atoms with E-state index >= 15 is 0 Å². The summed E-state index contributed by atoms with van der Waals surface area (Å²) >= 11 is 0. The SMILES string of the molecule is COc1cc(O)cc(OC)c1/C=C\C(N)=O. The van der Waals surface area contributed by atoms with Crippen LogP contribution in [0.25, 0.3) is 6.08 Å². The lowest BCUT2D eigenvalue weighted by atomic mass is 10.1. The Morgan fingerprint density at radius 1 is 1.31 bits per heavy atom. The third kappa shape index (κ3) is 2.66. The van der Waals surface area contributed by atoms with Crippen LogP contribution in [0.3, 0.4) is 0 Å². The lowest BCUT2D eigenvalue weighted by Crippen LogP contribution is -2.05. The van der Waals surface area contributed by atoms with Gasteiger partial charge in [-0.05, 0) is 6.08 Å². The largest absolute Gasteiger partial charge is 0.508 e. The predicted molar refractivity (Wildman–Crippen MR) is 59.4 cm³/mol. The summed E-state index contributed by atoms with van der Waals surface area (Å²) < 4.78 is 10.1. The van der Waals surface area contributed by atoms with Crippen LogP contribution in [0.15, 0.2) is 18.2 Å². The van der Waals surface area contributed by atoms with Crippen LogP contribution in [0.4, 0.5) is 0 Å². The molecular formula is C11H13NO4. The Morgan fingerprint density at radius 2 is 1.81 bits per heavy atom. The van der Waals surface area contributed by atoms with Gasteiger partial charge in [0, 0.05) is 18.2 Å². The Kier molecular flexibility index (Phi) is 3.77. The number of rotatable bonds is 4. The molecule has 1 rings (SSSR count). The van der Waals surface area contributed by atoms with E-state index < -0.39 is 5.91 Å². The van der Waals surface area contributed by atoms with E-state index in [-0.39, 0.29) is 5.75 Å². The minimum atomic E-state index is -0.572. The molecule has 5 nitrogen and oxygen atoms in total. The monoisotopic (exact) mass is 223 g/mol. The molecule has 0 fully saturated rings. The van der Waals surface area contributed by atoms with Crippen molar-refractivity contribution in [1.82, 2.24) is 0 Å². The molecule has 0 radical (unpaired) electrons. The summed E-state index contributed by atoms with van der Waals surface area (Å²) in [4.78, 5) is 10.6. The Bertz CT molecular complexity index is 401. The van der Waals surface area contributed by atoms with Gasteiger partial charge in [-0.15, -0.1) is 0 Å². The van der Waals surface area contributed by atoms with E-state index in [1.165, 1.54) is 38.5 Å². The second-order valence-electron chi connectivity index (χ2n) is 3.00. The van der Waals surface area contributed by atoms with Gasteiger partial charge in [-0.3, -0.25) is 4.79 Å². The minimum absolute atomic E-state index is 0.0184. The molecule has 0 heterocycles. The first-order chi connectivity index (χ1) is 7.58. The van der Waals surface area contributed by atoms with Gasteiger partial charge in [-0.25, -0.2) is 0 Å². The summed E-state index contributed by atoms with van der Waals surface area (Å²) in [5.41, 5.74) is 5.54. The number of phenols is 1. The number of benzene rings is 1. The fourth-order valence-corrected chi connectivity index (χ4v) is 1.25. The average molecular weight is 223 g/mol. The van der Waals surface area contributed by atoms with Gasteiger partial charge in [0.1, 0.15) is 17.2 Å². The standard InChI is InChI=1S/C11H13NO4/c1-15-9-5-7(13)6-10(16-2)8(9)3-4-11(12)14/h3-6,13H,1-2H3,(H2,12,14)/b4-3-. The molecule has 0 aromatic heterocycles. The van der Waals surface area contributed by atoms with Gasteiger partial charge < -0.3 is 20.3 Å². The van der Waals surface area contributed by atoms with Crippen molar-refractivity contribution in [2.24, 2.45) is 5.73 Å². The summed E-state index contributed by atoms with van der Waals surface area (Å²) in [6.07, 6.45) is 2.66. The van der Waals surface area contributed by atoms with Crippen LogP contribution in [0.5, 0.6) is 17.2 Å². The first-order valence-electron chi connectivity index (χ1n) is 4.51. The molecule has 0 atom stereocenters. The Hall–Kier alpha value is -2.17. The molecule has 1 amide bonds. The van der Waals surface area contributed by atoms with E-state index in [9.17, 15) is 9.90 Å². The maximum Gasteiger partial charge on any atom is 0.241 e. The third-order valence-corrected chi connectivity index (χ3v) is 1.94. The van der Waals surface area contributed by atoms with E-state index in [4.69, 9.17) is 15.2 Å². The van der Waals surface area contributed by atoms with Crippen LogP contribution in [-0.4, -0.2) is 25.2 Å². The van der Waals surface area contributed by atoms with Crippen LogP contribution in [0.1, 0.15) is 5.56 Å². The van der Waals surface area contributed by atoms with Crippen molar-refractivity contribution in [2.75, 3.05) is 14.2 Å². The van der Waals surface area contributed by atoms with E-state index in [1.807, 2.05) is 0 Å². The number of aromatic hydroxyl groups is 1. The highest BCUT2D eigenvalue weighted by Gasteiger charge is 2.09. The normalized spacial score (nSPS) is 10.4. The summed E-state index contributed by atoms with van der Waals surface area (Å²) in [6.45, 7) is 0. The molecule has 3 N–H and O–H groups in total. The predicted octanol–water partition coefficient (Wildman–Crippen LogP) is 0.908. The number of carbonyl (C=O) groups is 1. The molecule has 5 heteroatoms. The number of amides is 1. The molecule has 86 valence electrons. The van der Waals surface area contributed by atoms with Crippen LogP contribution < -0.4 is 15.2 Å². The second-order valence-corrected chi connectivity index (χ2v) is 3.00. The molecule has 1 aromatic rings. The summed E-state index contributed by atoms with van der Waals surface area (Å²) in [5, 5.41) is 9.38. The van der Waals surface area contributed by atoms with Crippen molar-refractivity contribution >= 4 is 12.0 Å². The van der Waals surface area contributed by atoms with E-state index in [1.54, 1.807) is 0 Å². The molecule has 1 aromatic carbocycles. The Labute approximate surface area is 93.1 Å². The van der Waals surface area contributed by atoms with Crippen LogP contribution in [0, 0.1) is 0 Å². The number of ether oxygens (including phenoxy) is 2. The smallest absolute Gasteiger partial charge is 0.241 e. The summed E-state index contributed by atoms with van der Waals surface area (Å²) in [5.74, 6) is 0.241. The van der Waals surface area contributed by atoms with Crippen molar-refractivity contribution in [1.29, 1.82) is 0 Å². The average Bonchev–Trinajstić information content (AvgIpc) is 2.25. The van der Waals surface area contributed by atoms with Crippen molar-refractivity contribution in [3.63, 3.8) is 0 Å². The molecule has 0 bridgehead atoms. The van der Waals surface area contributed by atoms with E-state index in [0.29, 0.717) is 17.1 Å². The van der Waals surface area contributed by atoms with Gasteiger partial charge in [0.25, 0.3) is 0 Å². The molecule has 0 aliphatic heterocycles. The molecule has 16 heavy (non-hydrogen) atoms. The Balaban J connectivity index is 3.27. The second kappa shape index (κ2) is 5.06. The van der Waals surface area contributed by atoms with Gasteiger partial charge in [-0.1, -0.05) is 0 Å². The molecule has 0 saturated heterocycles. The van der Waals surface area contributed by atoms with Crippen LogP contribution in [-0.2, 0) is 4.79 Å². The molecular weight excluding hydrogens is 210 g/mol. The van der Waals surface area contributed by atoms with Crippen molar-refractivity contribution < 1.29 is 19.4 Å². The molecule has 0 unspecified atom stereocenters. The first kappa shape index (κ1) is 11.9. The zero-order valence-corrected chi connectivity index (χ0v) is 9.06. The number of carbonyl (C=O) groups excluding carboxylic acids is 1. The van der Waals surface area contributed by atoms with E-state index in [0.717, 1.165) is 0 Å². The topological polar surface area (TPSA) is 81.8 Å². The quantitative estimate of drug-likeness (QED) is 0.743. The maximum absolute atomic E-state index is 10.6. The molecule has 0 spiro atoms. The lowest BCUT2D eigenvalue weighted by Gasteiger charge is -2.10. The Morgan fingerprint density at radius 3 is 2.19 bits per heavy atom. The highest BCUT2D eigenvalue weighted by molar-refractivity contribution is 5.91. The van der Waals surface area contributed by atoms with Crippen LogP contribution >= 0.6 is 0 Å². The highest BCUT2D eigenvalue weighted by Crippen LogP contribution is 2.34. The van der Waals surface area contributed by atoms with Crippen molar-refractivity contribution in [2.45, 2.75) is 0 Å². The maximum atomic E-state index is 10.6. The zero-order chi connectivity index (χ0) is 12.1. The number of hydrogen-bond donors (Lipinski definition) is 2. The summed E-state index contributed by atoms with van der Waals surface area (Å²) in [6, 6.07) is 2.84. The van der Waals surface area contributed by atoms with Gasteiger partial charge in [0.15, 0.2) is 0 Å². The fraction of sp³-hybridized carbons (Fsp3) is 0.182. The number of nitrogens with two attached hydrogens (primary N) is 1. The van der Waals surface area contributed by atoms with Gasteiger partial charge in [0.05, 0.1) is 19.8 Å². The number of methoxy groups -OCH3 is 2. The van der Waals surface area contributed by atoms with Crippen molar-refractivity contribution in [3.8, 4) is 17.2 Å². The highest BCUT2D eigenvalue weighted by atomic mass is 16.5. The fourth-order valence-electron chi connectivity index (χ4n) is 1.25. The first-order valence-corrected chi connectivity index (χ1v) is 4.51. The number of hydrogen-bond acceptors (Lipinski definition) is 4. The lowest BCUT2D eigenvalue weighted by molar-refractivity contribution is -0.113. The summed E-state index contributed by atoms with van der Waals surface area (Å²) in [7, 11) is 2.91. The van der Waals surface area contributed by atoms with Gasteiger partial charge >= 0.3 is 0 Å².